The molecule has 0 bridgehead atoms. The lowest BCUT2D eigenvalue weighted by atomic mass is 10.0. The molecule has 0 aromatic heterocycles. The molecule has 0 spiro atoms. The Balaban J connectivity index is 2.40. The maximum absolute atomic E-state index is 13.3. The first-order valence-electron chi connectivity index (χ1n) is 6.57. The van der Waals surface area contributed by atoms with Crippen LogP contribution < -0.4 is 5.73 Å². The first kappa shape index (κ1) is 16.2. The van der Waals surface area contributed by atoms with Crippen LogP contribution in [0.2, 0.25) is 5.02 Å². The van der Waals surface area contributed by atoms with Crippen LogP contribution in [0, 0.1) is 5.82 Å². The normalized spacial score (nSPS) is 20.4. The smallest absolute Gasteiger partial charge is 0.244 e. The molecule has 1 fully saturated rings. The molecule has 1 aromatic carbocycles. The van der Waals surface area contributed by atoms with Gasteiger partial charge in [0.15, 0.2) is 0 Å². The highest BCUT2D eigenvalue weighted by Gasteiger charge is 2.35. The summed E-state index contributed by atoms with van der Waals surface area (Å²) in [7, 11) is -3.96. The predicted octanol–water partition coefficient (Wildman–Crippen LogP) is 1.90. The largest absolute Gasteiger partial charge is 0.370 e. The molecule has 1 atom stereocenters. The van der Waals surface area contributed by atoms with Crippen molar-refractivity contribution >= 4 is 27.5 Å². The Labute approximate surface area is 127 Å². The molecule has 2 N–H and O–H groups in total. The molecule has 21 heavy (non-hydrogen) atoms. The van der Waals surface area contributed by atoms with Gasteiger partial charge in [0.2, 0.25) is 15.9 Å². The zero-order chi connectivity index (χ0) is 15.6. The molecule has 1 amide bonds. The minimum absolute atomic E-state index is 0.0419. The highest BCUT2D eigenvalue weighted by atomic mass is 35.5. The van der Waals surface area contributed by atoms with E-state index in [4.69, 9.17) is 17.3 Å². The van der Waals surface area contributed by atoms with Crippen LogP contribution in [0.4, 0.5) is 4.39 Å². The minimum Gasteiger partial charge on any atom is -0.370 e. The van der Waals surface area contributed by atoms with Crippen molar-refractivity contribution in [2.45, 2.75) is 36.6 Å². The molecule has 1 aliphatic heterocycles. The van der Waals surface area contributed by atoms with Gasteiger partial charge in [-0.05, 0) is 31.0 Å². The van der Waals surface area contributed by atoms with Crippen LogP contribution in [0.1, 0.15) is 25.7 Å². The molecular weight excluding hydrogens is 319 g/mol. The molecule has 1 heterocycles. The lowest BCUT2D eigenvalue weighted by Crippen LogP contribution is -2.45. The zero-order valence-electron chi connectivity index (χ0n) is 11.3. The number of nitrogens with two attached hydrogens (primary N) is 1. The zero-order valence-corrected chi connectivity index (χ0v) is 12.8. The summed E-state index contributed by atoms with van der Waals surface area (Å²) in [5, 5.41) is -0.0419. The third-order valence-corrected chi connectivity index (χ3v) is 5.92. The summed E-state index contributed by atoms with van der Waals surface area (Å²) in [5.41, 5.74) is 5.18. The molecule has 116 valence electrons. The van der Waals surface area contributed by atoms with Crippen LogP contribution in [0.15, 0.2) is 23.1 Å². The Morgan fingerprint density at radius 1 is 1.43 bits per heavy atom. The third-order valence-electron chi connectivity index (χ3n) is 3.49. The van der Waals surface area contributed by atoms with E-state index in [1.165, 1.54) is 10.4 Å². The second-order valence-corrected chi connectivity index (χ2v) is 7.28. The Morgan fingerprint density at radius 2 is 2.14 bits per heavy atom. The molecule has 1 aliphatic rings. The number of carbonyl (C=O) groups is 1. The van der Waals surface area contributed by atoms with E-state index in [1.807, 2.05) is 0 Å². The van der Waals surface area contributed by atoms with Crippen molar-refractivity contribution in [1.29, 1.82) is 0 Å². The van der Waals surface area contributed by atoms with E-state index in [-0.39, 0.29) is 22.9 Å². The fourth-order valence-corrected chi connectivity index (χ4v) is 4.71. The number of rotatable bonds is 4. The highest BCUT2D eigenvalue weighted by molar-refractivity contribution is 7.89. The molecular formula is C13H16ClFN2O3S. The quantitative estimate of drug-likeness (QED) is 0.913. The minimum atomic E-state index is -3.96. The number of nitrogens with zero attached hydrogens (tertiary/aromatic N) is 1. The summed E-state index contributed by atoms with van der Waals surface area (Å²) >= 11 is 5.89. The summed E-state index contributed by atoms with van der Waals surface area (Å²) < 4.78 is 39.9. The third kappa shape index (κ3) is 3.53. The monoisotopic (exact) mass is 334 g/mol. The average Bonchev–Trinajstić information content (AvgIpc) is 2.41. The Morgan fingerprint density at radius 3 is 2.81 bits per heavy atom. The molecule has 8 heteroatoms. The van der Waals surface area contributed by atoms with E-state index in [1.54, 1.807) is 0 Å². The first-order valence-corrected chi connectivity index (χ1v) is 8.39. The van der Waals surface area contributed by atoms with Gasteiger partial charge in [-0.3, -0.25) is 4.79 Å². The SMILES string of the molecule is NC(=O)CC1CCCCN1S(=O)(=O)c1cc(F)ccc1Cl. The van der Waals surface area contributed by atoms with E-state index >= 15 is 0 Å². The number of halogens is 2. The summed E-state index contributed by atoms with van der Waals surface area (Å²) in [6.07, 6.45) is 2.00. The Kier molecular flexibility index (Phi) is 4.85. The van der Waals surface area contributed by atoms with Crippen molar-refractivity contribution in [3.63, 3.8) is 0 Å². The van der Waals surface area contributed by atoms with Crippen molar-refractivity contribution < 1.29 is 17.6 Å². The number of sulfonamides is 1. The number of benzene rings is 1. The Hall–Kier alpha value is -1.18. The number of piperidine rings is 1. The molecule has 0 radical (unpaired) electrons. The topological polar surface area (TPSA) is 80.5 Å². The van der Waals surface area contributed by atoms with Crippen molar-refractivity contribution in [2.75, 3.05) is 6.54 Å². The molecule has 1 unspecified atom stereocenters. The lowest BCUT2D eigenvalue weighted by molar-refractivity contribution is -0.119. The van der Waals surface area contributed by atoms with Crippen LogP contribution in [0.3, 0.4) is 0 Å². The number of primary amides is 1. The second-order valence-electron chi connectivity index (χ2n) is 5.01. The van der Waals surface area contributed by atoms with Crippen LogP contribution in [-0.2, 0) is 14.8 Å². The second kappa shape index (κ2) is 6.29. The van der Waals surface area contributed by atoms with Crippen molar-refractivity contribution in [1.82, 2.24) is 4.31 Å². The predicted molar refractivity (Wildman–Crippen MR) is 76.8 cm³/mol. The first-order chi connectivity index (χ1) is 9.82. The van der Waals surface area contributed by atoms with Crippen molar-refractivity contribution in [3.05, 3.63) is 29.0 Å². The van der Waals surface area contributed by atoms with Crippen LogP contribution in [0.5, 0.6) is 0 Å². The van der Waals surface area contributed by atoms with Crippen molar-refractivity contribution in [2.24, 2.45) is 5.73 Å². The van der Waals surface area contributed by atoms with Gasteiger partial charge < -0.3 is 5.73 Å². The standard InChI is InChI=1S/C13H16ClFN2O3S/c14-11-5-4-9(15)7-12(11)21(19,20)17-6-2-1-3-10(17)8-13(16)18/h4-5,7,10H,1-3,6,8H2,(H2,16,18). The Bertz CT molecular complexity index is 651. The van der Waals surface area contributed by atoms with Gasteiger partial charge in [-0.25, -0.2) is 12.8 Å². The van der Waals surface area contributed by atoms with Crippen LogP contribution in [0.25, 0.3) is 0 Å². The van der Waals surface area contributed by atoms with Gasteiger partial charge >= 0.3 is 0 Å². The fourth-order valence-electron chi connectivity index (χ4n) is 2.53. The van der Waals surface area contributed by atoms with E-state index in [0.29, 0.717) is 12.8 Å². The summed E-state index contributed by atoms with van der Waals surface area (Å²) in [4.78, 5) is 10.8. The lowest BCUT2D eigenvalue weighted by Gasteiger charge is -2.34. The fraction of sp³-hybridized carbons (Fsp3) is 0.462. The van der Waals surface area contributed by atoms with E-state index < -0.39 is 27.8 Å². The van der Waals surface area contributed by atoms with Crippen LogP contribution >= 0.6 is 11.6 Å². The molecule has 2 rings (SSSR count). The molecule has 0 aliphatic carbocycles. The van der Waals surface area contributed by atoms with Gasteiger partial charge in [0, 0.05) is 19.0 Å². The molecule has 5 nitrogen and oxygen atoms in total. The summed E-state index contributed by atoms with van der Waals surface area (Å²) in [6, 6.07) is 2.70. The number of hydrogen-bond donors (Lipinski definition) is 1. The maximum Gasteiger partial charge on any atom is 0.244 e. The van der Waals surface area contributed by atoms with Gasteiger partial charge in [0.1, 0.15) is 10.7 Å². The van der Waals surface area contributed by atoms with Crippen LogP contribution in [-0.4, -0.2) is 31.2 Å². The van der Waals surface area contributed by atoms with Gasteiger partial charge in [0.25, 0.3) is 0 Å². The number of hydrogen-bond acceptors (Lipinski definition) is 3. The van der Waals surface area contributed by atoms with E-state index in [9.17, 15) is 17.6 Å². The van der Waals surface area contributed by atoms with Crippen molar-refractivity contribution in [3.8, 4) is 0 Å². The van der Waals surface area contributed by atoms with Gasteiger partial charge in [-0.2, -0.15) is 4.31 Å². The highest BCUT2D eigenvalue weighted by Crippen LogP contribution is 2.31. The maximum atomic E-state index is 13.3. The summed E-state index contributed by atoms with van der Waals surface area (Å²) in [6.45, 7) is 0.271. The number of amides is 1. The summed E-state index contributed by atoms with van der Waals surface area (Å²) in [5.74, 6) is -1.24. The molecule has 1 aromatic rings. The van der Waals surface area contributed by atoms with E-state index in [0.717, 1.165) is 18.6 Å². The number of carbonyl (C=O) groups excluding carboxylic acids is 1. The molecule has 0 saturated carbocycles. The average molecular weight is 335 g/mol. The van der Waals surface area contributed by atoms with E-state index in [2.05, 4.69) is 0 Å². The van der Waals surface area contributed by atoms with Gasteiger partial charge in [-0.1, -0.05) is 18.0 Å². The molecule has 1 saturated heterocycles. The van der Waals surface area contributed by atoms with Gasteiger partial charge in [-0.15, -0.1) is 0 Å². The van der Waals surface area contributed by atoms with Gasteiger partial charge in [0.05, 0.1) is 5.02 Å².